The van der Waals surface area contributed by atoms with Crippen molar-refractivity contribution in [3.63, 3.8) is 0 Å². The molecule has 8 heteroatoms. The third-order valence-corrected chi connectivity index (χ3v) is 5.90. The summed E-state index contributed by atoms with van der Waals surface area (Å²) >= 11 is 0. The summed E-state index contributed by atoms with van der Waals surface area (Å²) in [5.74, 6) is -1.85. The van der Waals surface area contributed by atoms with Gasteiger partial charge in [-0.15, -0.1) is 0 Å². The van der Waals surface area contributed by atoms with Gasteiger partial charge in [-0.1, -0.05) is 18.9 Å². The van der Waals surface area contributed by atoms with E-state index < -0.39 is 12.0 Å². The van der Waals surface area contributed by atoms with Crippen molar-refractivity contribution < 1.29 is 19.1 Å². The molecule has 0 bridgehead atoms. The van der Waals surface area contributed by atoms with Gasteiger partial charge in [0.2, 0.25) is 11.8 Å². The summed E-state index contributed by atoms with van der Waals surface area (Å²) < 4.78 is 6.76. The maximum Gasteiger partial charge on any atom is 0.329 e. The Morgan fingerprint density at radius 2 is 1.83 bits per heavy atom. The Morgan fingerprint density at radius 1 is 1.17 bits per heavy atom. The van der Waals surface area contributed by atoms with E-state index in [0.717, 1.165) is 23.4 Å². The van der Waals surface area contributed by atoms with Gasteiger partial charge >= 0.3 is 5.97 Å². The van der Waals surface area contributed by atoms with Gasteiger partial charge in [0, 0.05) is 11.8 Å². The number of aryl methyl sites for hydroxylation is 1. The number of fused-ring (bicyclic) bond motifs is 2. The lowest BCUT2D eigenvalue weighted by Crippen LogP contribution is -2.44. The van der Waals surface area contributed by atoms with Crippen molar-refractivity contribution in [3.8, 4) is 0 Å². The number of imide groups is 1. The Kier molecular flexibility index (Phi) is 4.94. The normalized spacial score (nSPS) is 22.6. The summed E-state index contributed by atoms with van der Waals surface area (Å²) in [6, 6.07) is 5.62. The molecule has 0 spiro atoms. The summed E-state index contributed by atoms with van der Waals surface area (Å²) in [7, 11) is 0. The van der Waals surface area contributed by atoms with Crippen LogP contribution in [0.3, 0.4) is 0 Å². The maximum absolute atomic E-state index is 12.6. The van der Waals surface area contributed by atoms with Crippen LogP contribution in [-0.2, 0) is 25.7 Å². The van der Waals surface area contributed by atoms with Crippen LogP contribution in [0.25, 0.3) is 5.65 Å². The SMILES string of the molecule is Cc1cccc2nc(COC(=O)[C@H](C)N3C(=O)[C@H]4CCCC[C@H]4C3=O)cc(=O)n12. The molecule has 2 aromatic rings. The molecule has 1 aliphatic heterocycles. The molecule has 4 rings (SSSR count). The molecule has 0 radical (unpaired) electrons. The van der Waals surface area contributed by atoms with Crippen molar-refractivity contribution in [2.24, 2.45) is 11.8 Å². The average Bonchev–Trinajstić information content (AvgIpc) is 2.96. The van der Waals surface area contributed by atoms with Gasteiger partial charge in [0.25, 0.3) is 5.56 Å². The largest absolute Gasteiger partial charge is 0.458 e. The zero-order chi connectivity index (χ0) is 20.7. The van der Waals surface area contributed by atoms with Crippen LogP contribution in [0.2, 0.25) is 0 Å². The van der Waals surface area contributed by atoms with Crippen LogP contribution in [0, 0.1) is 18.8 Å². The lowest BCUT2D eigenvalue weighted by Gasteiger charge is -2.21. The fourth-order valence-corrected chi connectivity index (χ4v) is 4.38. The Hall–Kier alpha value is -3.03. The van der Waals surface area contributed by atoms with E-state index in [0.29, 0.717) is 24.2 Å². The van der Waals surface area contributed by atoms with Crippen LogP contribution < -0.4 is 5.56 Å². The number of rotatable bonds is 4. The van der Waals surface area contributed by atoms with E-state index in [2.05, 4.69) is 4.98 Å². The minimum absolute atomic E-state index is 0.202. The van der Waals surface area contributed by atoms with Crippen molar-refractivity contribution in [3.05, 3.63) is 46.0 Å². The van der Waals surface area contributed by atoms with Crippen molar-refractivity contribution >= 4 is 23.4 Å². The van der Waals surface area contributed by atoms with Gasteiger partial charge in [0.15, 0.2) is 0 Å². The smallest absolute Gasteiger partial charge is 0.329 e. The number of pyridine rings is 1. The third-order valence-electron chi connectivity index (χ3n) is 5.90. The van der Waals surface area contributed by atoms with E-state index in [-0.39, 0.29) is 35.8 Å². The van der Waals surface area contributed by atoms with Gasteiger partial charge in [-0.25, -0.2) is 9.78 Å². The average molecular weight is 397 g/mol. The van der Waals surface area contributed by atoms with Crippen LogP contribution in [0.5, 0.6) is 0 Å². The first-order valence-electron chi connectivity index (χ1n) is 9.90. The van der Waals surface area contributed by atoms with Gasteiger partial charge in [0.1, 0.15) is 18.3 Å². The van der Waals surface area contributed by atoms with Gasteiger partial charge in [0.05, 0.1) is 17.5 Å². The van der Waals surface area contributed by atoms with Crippen LogP contribution in [-0.4, -0.2) is 38.1 Å². The highest BCUT2D eigenvalue weighted by atomic mass is 16.5. The zero-order valence-corrected chi connectivity index (χ0v) is 16.5. The van der Waals surface area contributed by atoms with Gasteiger partial charge in [-0.05, 0) is 38.8 Å². The monoisotopic (exact) mass is 397 g/mol. The summed E-state index contributed by atoms with van der Waals surface area (Å²) in [4.78, 5) is 55.5. The third kappa shape index (κ3) is 3.32. The maximum atomic E-state index is 12.6. The molecular formula is C21H23N3O5. The van der Waals surface area contributed by atoms with Gasteiger partial charge < -0.3 is 4.74 Å². The molecule has 2 aromatic heterocycles. The number of carbonyl (C=O) groups is 3. The number of amides is 2. The van der Waals surface area contributed by atoms with Crippen molar-refractivity contribution in [2.45, 2.75) is 52.2 Å². The first-order valence-corrected chi connectivity index (χ1v) is 9.90. The number of aromatic nitrogens is 2. The highest BCUT2D eigenvalue weighted by Gasteiger charge is 2.51. The predicted molar refractivity (Wildman–Crippen MR) is 103 cm³/mol. The highest BCUT2D eigenvalue weighted by Crippen LogP contribution is 2.38. The van der Waals surface area contributed by atoms with Gasteiger partial charge in [-0.2, -0.15) is 0 Å². The summed E-state index contributed by atoms with van der Waals surface area (Å²) in [6.45, 7) is 3.10. The first-order chi connectivity index (χ1) is 13.9. The lowest BCUT2D eigenvalue weighted by molar-refractivity contribution is -0.159. The summed E-state index contributed by atoms with van der Waals surface area (Å²) in [5.41, 5.74) is 1.27. The molecule has 0 N–H and O–H groups in total. The first kappa shape index (κ1) is 19.3. The Balaban J connectivity index is 1.47. The Bertz CT molecular complexity index is 1040. The minimum Gasteiger partial charge on any atom is -0.458 e. The second-order valence-electron chi connectivity index (χ2n) is 7.77. The van der Waals surface area contributed by atoms with E-state index in [4.69, 9.17) is 4.74 Å². The second-order valence-corrected chi connectivity index (χ2v) is 7.77. The van der Waals surface area contributed by atoms with E-state index in [1.165, 1.54) is 17.4 Å². The van der Waals surface area contributed by atoms with Crippen molar-refractivity contribution in [1.29, 1.82) is 0 Å². The number of carbonyl (C=O) groups excluding carboxylic acids is 3. The molecule has 1 saturated heterocycles. The van der Waals surface area contributed by atoms with E-state index >= 15 is 0 Å². The predicted octanol–water partition coefficient (Wildman–Crippen LogP) is 1.61. The molecule has 0 aromatic carbocycles. The molecule has 8 nitrogen and oxygen atoms in total. The van der Waals surface area contributed by atoms with Crippen LogP contribution in [0.1, 0.15) is 44.0 Å². The number of esters is 1. The molecule has 3 heterocycles. The highest BCUT2D eigenvalue weighted by molar-refractivity contribution is 6.07. The van der Waals surface area contributed by atoms with Crippen molar-refractivity contribution in [1.82, 2.24) is 14.3 Å². The number of hydrogen-bond donors (Lipinski definition) is 0. The molecule has 2 amide bonds. The second kappa shape index (κ2) is 7.42. The molecule has 0 unspecified atom stereocenters. The minimum atomic E-state index is -0.996. The zero-order valence-electron chi connectivity index (χ0n) is 16.5. The summed E-state index contributed by atoms with van der Waals surface area (Å²) in [5, 5.41) is 0. The fourth-order valence-electron chi connectivity index (χ4n) is 4.38. The molecule has 1 aliphatic carbocycles. The van der Waals surface area contributed by atoms with E-state index in [9.17, 15) is 19.2 Å². The molecule has 3 atom stereocenters. The summed E-state index contributed by atoms with van der Waals surface area (Å²) in [6.07, 6.45) is 3.24. The molecule has 29 heavy (non-hydrogen) atoms. The van der Waals surface area contributed by atoms with Crippen LogP contribution in [0.15, 0.2) is 29.1 Å². The fraction of sp³-hybridized carbons (Fsp3) is 0.476. The lowest BCUT2D eigenvalue weighted by atomic mass is 9.81. The molecule has 152 valence electrons. The number of likely N-dealkylation sites (tertiary alicyclic amines) is 1. The molecule has 2 fully saturated rings. The quantitative estimate of drug-likeness (QED) is 0.574. The van der Waals surface area contributed by atoms with Crippen molar-refractivity contribution in [2.75, 3.05) is 0 Å². The number of nitrogens with zero attached hydrogens (tertiary/aromatic N) is 3. The Morgan fingerprint density at radius 3 is 2.48 bits per heavy atom. The topological polar surface area (TPSA) is 98.0 Å². The van der Waals surface area contributed by atoms with E-state index in [1.807, 2.05) is 0 Å². The molecule has 1 saturated carbocycles. The van der Waals surface area contributed by atoms with Crippen LogP contribution in [0.4, 0.5) is 0 Å². The number of ether oxygens (including phenoxy) is 1. The standard InChI is InChI=1S/C21H23N3O5/c1-12-6-5-9-17-22-14(10-18(25)23(12)17)11-29-21(28)13(2)24-19(26)15-7-3-4-8-16(15)20(24)27/h5-6,9-10,13,15-16H,3-4,7-8,11H2,1-2H3/t13-,15-,16+/m0/s1. The molecule has 2 aliphatic rings. The van der Waals surface area contributed by atoms with Crippen LogP contribution >= 0.6 is 0 Å². The van der Waals surface area contributed by atoms with Gasteiger partial charge in [-0.3, -0.25) is 23.7 Å². The number of hydrogen-bond acceptors (Lipinski definition) is 6. The van der Waals surface area contributed by atoms with E-state index in [1.54, 1.807) is 25.1 Å². The Labute approximate surface area is 167 Å². The molecular weight excluding hydrogens is 374 g/mol.